The first-order chi connectivity index (χ1) is 9.27. The lowest BCUT2D eigenvalue weighted by atomic mass is 9.79. The van der Waals surface area contributed by atoms with Crippen molar-refractivity contribution in [1.29, 1.82) is 0 Å². The van der Waals surface area contributed by atoms with Gasteiger partial charge < -0.3 is 10.2 Å². The molecule has 2 aliphatic rings. The fourth-order valence-corrected chi connectivity index (χ4v) is 2.85. The van der Waals surface area contributed by atoms with E-state index in [0.29, 0.717) is 30.6 Å². The van der Waals surface area contributed by atoms with Crippen LogP contribution in [0, 0.1) is 0 Å². The average molecular weight is 296 g/mol. The van der Waals surface area contributed by atoms with Gasteiger partial charge in [0.25, 0.3) is 0 Å². The maximum absolute atomic E-state index is 13.1. The number of halogens is 4. The Morgan fingerprint density at radius 1 is 1.20 bits per heavy atom. The number of hydrogen-bond donors (Lipinski definition) is 1. The van der Waals surface area contributed by atoms with Gasteiger partial charge in [-0.1, -0.05) is 19.3 Å². The average Bonchev–Trinajstić information content (AvgIpc) is 2.36. The minimum atomic E-state index is -4.30. The molecule has 20 heavy (non-hydrogen) atoms. The maximum Gasteiger partial charge on any atom is 0.324 e. The predicted octanol–water partition coefficient (Wildman–Crippen LogP) is 1.55. The van der Waals surface area contributed by atoms with Crippen molar-refractivity contribution < 1.29 is 27.2 Å². The highest BCUT2D eigenvalue weighted by Gasteiger charge is 2.51. The molecule has 1 spiro atoms. The Morgan fingerprint density at radius 2 is 1.80 bits per heavy atom. The van der Waals surface area contributed by atoms with Gasteiger partial charge in [0.1, 0.15) is 5.54 Å². The molecule has 114 valence electrons. The molecule has 1 N–H and O–H groups in total. The lowest BCUT2D eigenvalue weighted by molar-refractivity contribution is -0.169. The summed E-state index contributed by atoms with van der Waals surface area (Å²) >= 11 is 0. The van der Waals surface area contributed by atoms with Gasteiger partial charge in [0.2, 0.25) is 11.8 Å². The molecule has 1 aliphatic carbocycles. The zero-order chi connectivity index (χ0) is 15.0. The van der Waals surface area contributed by atoms with Gasteiger partial charge in [-0.05, 0) is 12.8 Å². The third-order valence-corrected chi connectivity index (χ3v) is 3.84. The first-order valence-electron chi connectivity index (χ1n) is 6.53. The van der Waals surface area contributed by atoms with Crippen LogP contribution in [0.4, 0.5) is 17.6 Å². The monoisotopic (exact) mass is 296 g/mol. The van der Waals surface area contributed by atoms with E-state index in [9.17, 15) is 27.2 Å². The third-order valence-electron chi connectivity index (χ3n) is 3.84. The lowest BCUT2D eigenvalue weighted by Crippen LogP contribution is -2.68. The van der Waals surface area contributed by atoms with Crippen molar-refractivity contribution in [2.24, 2.45) is 0 Å². The second kappa shape index (κ2) is 5.21. The van der Waals surface area contributed by atoms with E-state index in [4.69, 9.17) is 0 Å². The van der Waals surface area contributed by atoms with Crippen LogP contribution in [0.2, 0.25) is 0 Å². The maximum atomic E-state index is 13.1. The molecule has 0 aromatic carbocycles. The van der Waals surface area contributed by atoms with Gasteiger partial charge in [0.05, 0.1) is 13.1 Å². The van der Waals surface area contributed by atoms with Crippen LogP contribution in [0.15, 0.2) is 0 Å². The predicted molar refractivity (Wildman–Crippen MR) is 61.5 cm³/mol. The Kier molecular flexibility index (Phi) is 3.93. The molecule has 0 bridgehead atoms. The molecule has 1 heterocycles. The molecule has 0 atom stereocenters. The van der Waals surface area contributed by atoms with Crippen molar-refractivity contribution in [3.05, 3.63) is 0 Å². The van der Waals surface area contributed by atoms with Gasteiger partial charge in [-0.2, -0.15) is 8.78 Å². The van der Waals surface area contributed by atoms with E-state index in [0.717, 1.165) is 6.42 Å². The minimum absolute atomic E-state index is 0.369. The van der Waals surface area contributed by atoms with Crippen molar-refractivity contribution in [1.82, 2.24) is 10.2 Å². The molecule has 0 aromatic heterocycles. The lowest BCUT2D eigenvalue weighted by Gasteiger charge is -2.44. The van der Waals surface area contributed by atoms with Crippen molar-refractivity contribution in [3.63, 3.8) is 0 Å². The summed E-state index contributed by atoms with van der Waals surface area (Å²) in [6.45, 7) is -2.01. The Bertz CT molecular complexity index is 408. The number of carbonyl (C=O) groups is 2. The molecular weight excluding hydrogens is 280 g/mol. The van der Waals surface area contributed by atoms with Crippen LogP contribution in [-0.4, -0.2) is 47.7 Å². The molecule has 0 unspecified atom stereocenters. The first-order valence-corrected chi connectivity index (χ1v) is 6.53. The summed E-state index contributed by atoms with van der Waals surface area (Å²) in [7, 11) is 0. The second-order valence-electron chi connectivity index (χ2n) is 5.41. The normalized spacial score (nSPS) is 23.4. The van der Waals surface area contributed by atoms with Crippen LogP contribution in [0.1, 0.15) is 32.1 Å². The molecule has 1 saturated heterocycles. The van der Waals surface area contributed by atoms with E-state index in [1.165, 1.54) is 0 Å². The number of hydrogen-bond acceptors (Lipinski definition) is 2. The Labute approximate surface area is 113 Å². The van der Waals surface area contributed by atoms with Gasteiger partial charge in [0.15, 0.2) is 0 Å². The molecule has 0 aromatic rings. The van der Waals surface area contributed by atoms with Gasteiger partial charge in [-0.3, -0.25) is 9.59 Å². The number of alkyl halides is 4. The van der Waals surface area contributed by atoms with Gasteiger partial charge in [-0.25, -0.2) is 8.78 Å². The Hall–Kier alpha value is -1.34. The zero-order valence-electron chi connectivity index (χ0n) is 10.8. The van der Waals surface area contributed by atoms with Crippen LogP contribution in [0.5, 0.6) is 0 Å². The highest BCUT2D eigenvalue weighted by molar-refractivity contribution is 5.98. The highest BCUT2D eigenvalue weighted by atomic mass is 19.3. The van der Waals surface area contributed by atoms with Crippen molar-refractivity contribution in [2.45, 2.75) is 50.0 Å². The smallest absolute Gasteiger partial charge is 0.324 e. The van der Waals surface area contributed by atoms with E-state index in [1.807, 2.05) is 0 Å². The SMILES string of the molecule is O=C1CN(CC(F)(F)C(F)F)C(=O)C2(CCCCC2)N1. The minimum Gasteiger partial charge on any atom is -0.340 e. The number of nitrogens with one attached hydrogen (secondary N) is 1. The molecule has 8 heteroatoms. The Balaban J connectivity index is 2.17. The molecule has 2 rings (SSSR count). The number of amides is 2. The summed E-state index contributed by atoms with van der Waals surface area (Å²) in [4.78, 5) is 24.5. The van der Waals surface area contributed by atoms with Crippen LogP contribution in [0.3, 0.4) is 0 Å². The van der Waals surface area contributed by atoms with E-state index in [1.54, 1.807) is 0 Å². The summed E-state index contributed by atoms with van der Waals surface area (Å²) in [6, 6.07) is 0. The topological polar surface area (TPSA) is 49.4 Å². The molecule has 1 saturated carbocycles. The fraction of sp³-hybridized carbons (Fsp3) is 0.833. The zero-order valence-corrected chi connectivity index (χ0v) is 10.8. The molecule has 0 radical (unpaired) electrons. The van der Waals surface area contributed by atoms with Crippen LogP contribution < -0.4 is 5.32 Å². The van der Waals surface area contributed by atoms with Crippen molar-refractivity contribution in [2.75, 3.05) is 13.1 Å². The van der Waals surface area contributed by atoms with Gasteiger partial charge in [0, 0.05) is 0 Å². The molecule has 2 amide bonds. The second-order valence-corrected chi connectivity index (χ2v) is 5.41. The molecule has 4 nitrogen and oxygen atoms in total. The van der Waals surface area contributed by atoms with Gasteiger partial charge in [-0.15, -0.1) is 0 Å². The van der Waals surface area contributed by atoms with Crippen LogP contribution >= 0.6 is 0 Å². The van der Waals surface area contributed by atoms with Crippen molar-refractivity contribution >= 4 is 11.8 Å². The van der Waals surface area contributed by atoms with E-state index >= 15 is 0 Å². The van der Waals surface area contributed by atoms with E-state index in [-0.39, 0.29) is 0 Å². The molecule has 2 fully saturated rings. The highest BCUT2D eigenvalue weighted by Crippen LogP contribution is 2.33. The van der Waals surface area contributed by atoms with Crippen LogP contribution in [-0.2, 0) is 9.59 Å². The summed E-state index contributed by atoms with van der Waals surface area (Å²) < 4.78 is 50.7. The van der Waals surface area contributed by atoms with Gasteiger partial charge >= 0.3 is 12.3 Å². The summed E-state index contributed by atoms with van der Waals surface area (Å²) in [6.07, 6.45) is -0.820. The number of rotatable bonds is 3. The third kappa shape index (κ3) is 2.73. The van der Waals surface area contributed by atoms with E-state index < -0.39 is 42.8 Å². The van der Waals surface area contributed by atoms with Crippen molar-refractivity contribution in [3.8, 4) is 0 Å². The molecular formula is C12H16F4N2O2. The largest absolute Gasteiger partial charge is 0.340 e. The quantitative estimate of drug-likeness (QED) is 0.803. The summed E-state index contributed by atoms with van der Waals surface area (Å²) in [5, 5.41) is 2.56. The van der Waals surface area contributed by atoms with Crippen LogP contribution in [0.25, 0.3) is 0 Å². The Morgan fingerprint density at radius 3 is 2.35 bits per heavy atom. The number of nitrogens with zero attached hydrogens (tertiary/aromatic N) is 1. The molecule has 1 aliphatic heterocycles. The first kappa shape index (κ1) is 15.1. The van der Waals surface area contributed by atoms with E-state index in [2.05, 4.69) is 5.32 Å². The number of piperazine rings is 1. The summed E-state index contributed by atoms with van der Waals surface area (Å²) in [5.41, 5.74) is -1.17. The fourth-order valence-electron chi connectivity index (χ4n) is 2.85. The summed E-state index contributed by atoms with van der Waals surface area (Å²) in [5.74, 6) is -5.54. The number of carbonyl (C=O) groups excluding carboxylic acids is 2. The standard InChI is InChI=1S/C12H16F4N2O2/c13-9(14)12(15,16)7-18-6-8(19)17-11(10(18)20)4-2-1-3-5-11/h9H,1-7H2,(H,17,19).